The molecule has 0 atom stereocenters. The molecule has 0 aromatic heterocycles. The highest BCUT2D eigenvalue weighted by Crippen LogP contribution is 2.18. The summed E-state index contributed by atoms with van der Waals surface area (Å²) in [4.78, 5) is 11.7. The summed E-state index contributed by atoms with van der Waals surface area (Å²) in [6, 6.07) is 17.6. The summed E-state index contributed by atoms with van der Waals surface area (Å²) >= 11 is 5.58. The second-order valence-corrected chi connectivity index (χ2v) is 5.33. The van der Waals surface area contributed by atoms with Gasteiger partial charge in [-0.1, -0.05) is 36.4 Å². The lowest BCUT2D eigenvalue weighted by Gasteiger charge is -2.09. The van der Waals surface area contributed by atoms with Gasteiger partial charge in [-0.15, -0.1) is 11.6 Å². The minimum absolute atomic E-state index is 0.0258. The molecular formula is C18H20ClNO2. The normalized spacial score (nSPS) is 10.2. The van der Waals surface area contributed by atoms with Crippen molar-refractivity contribution >= 4 is 23.2 Å². The molecule has 3 nitrogen and oxygen atoms in total. The molecule has 1 amide bonds. The number of hydrogen-bond donors (Lipinski definition) is 1. The van der Waals surface area contributed by atoms with Crippen LogP contribution >= 0.6 is 11.6 Å². The highest BCUT2D eigenvalue weighted by Gasteiger charge is 2.03. The van der Waals surface area contributed by atoms with Gasteiger partial charge in [0.1, 0.15) is 5.75 Å². The lowest BCUT2D eigenvalue weighted by atomic mass is 10.2. The summed E-state index contributed by atoms with van der Waals surface area (Å²) in [6.45, 7) is 0.605. The Balaban J connectivity index is 1.82. The fourth-order valence-electron chi connectivity index (χ4n) is 2.05. The third-order valence-electron chi connectivity index (χ3n) is 3.16. The van der Waals surface area contributed by atoms with E-state index in [1.54, 1.807) is 0 Å². The molecule has 0 aliphatic carbocycles. The second-order valence-electron chi connectivity index (χ2n) is 4.95. The maximum atomic E-state index is 11.7. The van der Waals surface area contributed by atoms with Gasteiger partial charge in [0.25, 0.3) is 0 Å². The first kappa shape index (κ1) is 16.4. The van der Waals surface area contributed by atoms with Crippen molar-refractivity contribution in [3.05, 3.63) is 60.2 Å². The van der Waals surface area contributed by atoms with Gasteiger partial charge in [0.15, 0.2) is 0 Å². The van der Waals surface area contributed by atoms with Crippen LogP contribution in [0.4, 0.5) is 5.69 Å². The molecule has 0 saturated heterocycles. The van der Waals surface area contributed by atoms with Crippen molar-refractivity contribution in [2.24, 2.45) is 0 Å². The van der Waals surface area contributed by atoms with E-state index in [9.17, 15) is 4.79 Å². The standard InChI is InChI=1S/C18H20ClNO2/c19-12-5-10-18(21)20-16-8-4-9-17(14-16)22-13-11-15-6-2-1-3-7-15/h1-4,6-9,14H,5,10-13H2,(H,20,21). The van der Waals surface area contributed by atoms with Crippen molar-refractivity contribution in [1.82, 2.24) is 0 Å². The number of halogens is 1. The molecule has 0 fully saturated rings. The van der Waals surface area contributed by atoms with Crippen LogP contribution in [0.2, 0.25) is 0 Å². The zero-order valence-electron chi connectivity index (χ0n) is 12.4. The molecule has 2 rings (SSSR count). The fourth-order valence-corrected chi connectivity index (χ4v) is 2.18. The van der Waals surface area contributed by atoms with Crippen molar-refractivity contribution in [3.8, 4) is 5.75 Å². The number of amides is 1. The molecule has 0 bridgehead atoms. The number of rotatable bonds is 8. The molecule has 0 unspecified atom stereocenters. The highest BCUT2D eigenvalue weighted by atomic mass is 35.5. The minimum atomic E-state index is -0.0258. The number of carbonyl (C=O) groups excluding carboxylic acids is 1. The maximum absolute atomic E-state index is 11.7. The van der Waals surface area contributed by atoms with Gasteiger partial charge >= 0.3 is 0 Å². The lowest BCUT2D eigenvalue weighted by Crippen LogP contribution is -2.11. The van der Waals surface area contributed by atoms with E-state index in [1.807, 2.05) is 42.5 Å². The Kier molecular flexibility index (Phi) is 6.78. The highest BCUT2D eigenvalue weighted by molar-refractivity contribution is 6.18. The topological polar surface area (TPSA) is 38.3 Å². The van der Waals surface area contributed by atoms with Gasteiger partial charge in [-0.3, -0.25) is 4.79 Å². The van der Waals surface area contributed by atoms with Crippen LogP contribution in [0.1, 0.15) is 18.4 Å². The Hall–Kier alpha value is -2.00. The quantitative estimate of drug-likeness (QED) is 0.739. The van der Waals surface area contributed by atoms with E-state index in [0.29, 0.717) is 25.3 Å². The van der Waals surface area contributed by atoms with E-state index in [-0.39, 0.29) is 5.91 Å². The van der Waals surface area contributed by atoms with Gasteiger partial charge in [-0.2, -0.15) is 0 Å². The Bertz CT molecular complexity index is 587. The summed E-state index contributed by atoms with van der Waals surface area (Å²) in [7, 11) is 0. The average Bonchev–Trinajstić information content (AvgIpc) is 2.54. The fraction of sp³-hybridized carbons (Fsp3) is 0.278. The second kappa shape index (κ2) is 9.11. The molecule has 2 aromatic carbocycles. The van der Waals surface area contributed by atoms with Crippen LogP contribution < -0.4 is 10.1 Å². The van der Waals surface area contributed by atoms with E-state index >= 15 is 0 Å². The SMILES string of the molecule is O=C(CCCCl)Nc1cccc(OCCc2ccccc2)c1. The molecule has 1 N–H and O–H groups in total. The van der Waals surface area contributed by atoms with Crippen molar-refractivity contribution in [2.75, 3.05) is 17.8 Å². The Morgan fingerprint density at radius 1 is 1.09 bits per heavy atom. The summed E-state index contributed by atoms with van der Waals surface area (Å²) in [6.07, 6.45) is 1.97. The van der Waals surface area contributed by atoms with Crippen molar-refractivity contribution in [1.29, 1.82) is 0 Å². The van der Waals surface area contributed by atoms with Crippen LogP contribution in [0, 0.1) is 0 Å². The first-order valence-electron chi connectivity index (χ1n) is 7.40. The van der Waals surface area contributed by atoms with E-state index in [2.05, 4.69) is 17.4 Å². The average molecular weight is 318 g/mol. The van der Waals surface area contributed by atoms with Crippen molar-refractivity contribution in [2.45, 2.75) is 19.3 Å². The van der Waals surface area contributed by atoms with Crippen molar-refractivity contribution in [3.63, 3.8) is 0 Å². The van der Waals surface area contributed by atoms with Gasteiger partial charge in [0, 0.05) is 30.5 Å². The Morgan fingerprint density at radius 3 is 2.68 bits per heavy atom. The first-order valence-corrected chi connectivity index (χ1v) is 7.94. The smallest absolute Gasteiger partial charge is 0.224 e. The van der Waals surface area contributed by atoms with Gasteiger partial charge in [-0.25, -0.2) is 0 Å². The van der Waals surface area contributed by atoms with E-state index < -0.39 is 0 Å². The van der Waals surface area contributed by atoms with Crippen molar-refractivity contribution < 1.29 is 9.53 Å². The molecular weight excluding hydrogens is 298 g/mol. The largest absolute Gasteiger partial charge is 0.493 e. The van der Waals surface area contributed by atoms with Gasteiger partial charge in [0.2, 0.25) is 5.91 Å². The minimum Gasteiger partial charge on any atom is -0.493 e. The monoisotopic (exact) mass is 317 g/mol. The molecule has 0 spiro atoms. The van der Waals surface area contributed by atoms with Gasteiger partial charge in [0.05, 0.1) is 6.61 Å². The third kappa shape index (κ3) is 5.78. The van der Waals surface area contributed by atoms with Crippen LogP contribution in [0.15, 0.2) is 54.6 Å². The lowest BCUT2D eigenvalue weighted by molar-refractivity contribution is -0.116. The number of nitrogens with one attached hydrogen (secondary N) is 1. The molecule has 0 aliphatic heterocycles. The van der Waals surface area contributed by atoms with Crippen LogP contribution in [-0.4, -0.2) is 18.4 Å². The number of benzene rings is 2. The zero-order chi connectivity index (χ0) is 15.6. The predicted molar refractivity (Wildman–Crippen MR) is 90.7 cm³/mol. The van der Waals surface area contributed by atoms with Crippen LogP contribution in [0.25, 0.3) is 0 Å². The summed E-state index contributed by atoms with van der Waals surface area (Å²) in [5.74, 6) is 1.23. The third-order valence-corrected chi connectivity index (χ3v) is 3.42. The first-order chi connectivity index (χ1) is 10.8. The number of anilines is 1. The molecule has 4 heteroatoms. The van der Waals surface area contributed by atoms with Crippen LogP contribution in [-0.2, 0) is 11.2 Å². The molecule has 22 heavy (non-hydrogen) atoms. The Morgan fingerprint density at radius 2 is 1.91 bits per heavy atom. The van der Waals surface area contributed by atoms with E-state index in [0.717, 1.165) is 17.9 Å². The summed E-state index contributed by atoms with van der Waals surface area (Å²) in [5, 5.41) is 2.85. The predicted octanol–water partition coefficient (Wildman–Crippen LogP) is 4.27. The van der Waals surface area contributed by atoms with Crippen LogP contribution in [0.5, 0.6) is 5.75 Å². The Labute approximate surface area is 136 Å². The van der Waals surface area contributed by atoms with Gasteiger partial charge in [-0.05, 0) is 24.1 Å². The van der Waals surface area contributed by atoms with Gasteiger partial charge < -0.3 is 10.1 Å². The molecule has 0 aliphatic rings. The molecule has 0 saturated carbocycles. The zero-order valence-corrected chi connectivity index (χ0v) is 13.2. The number of hydrogen-bond acceptors (Lipinski definition) is 2. The summed E-state index contributed by atoms with van der Waals surface area (Å²) in [5.41, 5.74) is 1.99. The number of ether oxygens (including phenoxy) is 1. The number of carbonyl (C=O) groups is 1. The molecule has 0 radical (unpaired) electrons. The molecule has 116 valence electrons. The summed E-state index contributed by atoms with van der Waals surface area (Å²) < 4.78 is 5.74. The maximum Gasteiger partial charge on any atom is 0.224 e. The molecule has 0 heterocycles. The van der Waals surface area contributed by atoms with E-state index in [4.69, 9.17) is 16.3 Å². The van der Waals surface area contributed by atoms with Crippen LogP contribution in [0.3, 0.4) is 0 Å². The van der Waals surface area contributed by atoms with E-state index in [1.165, 1.54) is 5.56 Å². The number of alkyl halides is 1. The molecule has 2 aromatic rings.